The molecule has 0 unspecified atom stereocenters. The van der Waals surface area contributed by atoms with Crippen LogP contribution in [0.1, 0.15) is 41.8 Å². The first-order valence-corrected chi connectivity index (χ1v) is 10.0. The summed E-state index contributed by atoms with van der Waals surface area (Å²) in [6, 6.07) is 13.7. The first-order valence-electron chi connectivity index (χ1n) is 9.05. The van der Waals surface area contributed by atoms with Crippen LogP contribution >= 0.6 is 11.8 Å². The second-order valence-electron chi connectivity index (χ2n) is 6.29. The maximum absolute atomic E-state index is 12.7. The fraction of sp³-hybridized carbons (Fsp3) is 0.333. The van der Waals surface area contributed by atoms with Crippen molar-refractivity contribution >= 4 is 29.3 Å². The molecule has 3 rings (SSSR count). The van der Waals surface area contributed by atoms with Crippen LogP contribution in [0.3, 0.4) is 0 Å². The molecular formula is C21H24N2O2S. The van der Waals surface area contributed by atoms with E-state index in [0.29, 0.717) is 18.5 Å². The lowest BCUT2D eigenvalue weighted by atomic mass is 9.98. The van der Waals surface area contributed by atoms with Gasteiger partial charge < -0.3 is 10.2 Å². The van der Waals surface area contributed by atoms with Gasteiger partial charge in [-0.1, -0.05) is 32.0 Å². The van der Waals surface area contributed by atoms with E-state index in [2.05, 4.69) is 18.3 Å². The van der Waals surface area contributed by atoms with E-state index < -0.39 is 0 Å². The average molecular weight is 369 g/mol. The van der Waals surface area contributed by atoms with Gasteiger partial charge in [-0.2, -0.15) is 0 Å². The third-order valence-corrected chi connectivity index (χ3v) is 5.52. The molecule has 0 bridgehead atoms. The van der Waals surface area contributed by atoms with Crippen LogP contribution in [0.25, 0.3) is 0 Å². The van der Waals surface area contributed by atoms with Gasteiger partial charge >= 0.3 is 0 Å². The summed E-state index contributed by atoms with van der Waals surface area (Å²) >= 11 is 1.66. The van der Waals surface area contributed by atoms with Crippen molar-refractivity contribution in [2.45, 2.75) is 38.1 Å². The number of nitrogens with one attached hydrogen (secondary N) is 1. The summed E-state index contributed by atoms with van der Waals surface area (Å²) in [7, 11) is 0. The van der Waals surface area contributed by atoms with Crippen LogP contribution in [0.15, 0.2) is 47.4 Å². The first-order chi connectivity index (χ1) is 12.6. The Morgan fingerprint density at radius 1 is 1.12 bits per heavy atom. The highest BCUT2D eigenvalue weighted by atomic mass is 32.2. The monoisotopic (exact) mass is 368 g/mol. The summed E-state index contributed by atoms with van der Waals surface area (Å²) in [6.07, 6.45) is 1.39. The average Bonchev–Trinajstić information content (AvgIpc) is 2.67. The molecule has 2 aromatic rings. The lowest BCUT2D eigenvalue weighted by Crippen LogP contribution is -2.35. The number of anilines is 1. The Kier molecular flexibility index (Phi) is 5.99. The highest BCUT2D eigenvalue weighted by molar-refractivity contribution is 7.99. The van der Waals surface area contributed by atoms with E-state index in [4.69, 9.17) is 0 Å². The van der Waals surface area contributed by atoms with Crippen LogP contribution < -0.4 is 5.32 Å². The van der Waals surface area contributed by atoms with Crippen LogP contribution in [0.4, 0.5) is 5.69 Å². The fourth-order valence-electron chi connectivity index (χ4n) is 3.21. The summed E-state index contributed by atoms with van der Waals surface area (Å²) in [6.45, 7) is 5.35. The van der Waals surface area contributed by atoms with Crippen molar-refractivity contribution in [2.24, 2.45) is 0 Å². The number of benzene rings is 2. The minimum Gasteiger partial charge on any atom is -0.338 e. The van der Waals surface area contributed by atoms with Crippen molar-refractivity contribution in [3.63, 3.8) is 0 Å². The molecule has 4 nitrogen and oxygen atoms in total. The van der Waals surface area contributed by atoms with Gasteiger partial charge in [0.15, 0.2) is 0 Å². The molecule has 0 saturated carbocycles. The summed E-state index contributed by atoms with van der Waals surface area (Å²) in [5.41, 5.74) is 3.84. The largest absolute Gasteiger partial charge is 0.338 e. The molecule has 1 aliphatic heterocycles. The highest BCUT2D eigenvalue weighted by Crippen LogP contribution is 2.26. The van der Waals surface area contributed by atoms with Gasteiger partial charge in [0, 0.05) is 30.1 Å². The van der Waals surface area contributed by atoms with E-state index in [1.165, 1.54) is 5.56 Å². The molecule has 26 heavy (non-hydrogen) atoms. The molecule has 0 fully saturated rings. The number of rotatable bonds is 5. The second-order valence-corrected chi connectivity index (χ2v) is 7.59. The van der Waals surface area contributed by atoms with Crippen LogP contribution in [-0.4, -0.2) is 29.0 Å². The lowest BCUT2D eigenvalue weighted by Gasteiger charge is -2.29. The predicted octanol–water partition coefficient (Wildman–Crippen LogP) is 4.35. The number of fused-ring (bicyclic) bond motifs is 1. The molecule has 0 atom stereocenters. The summed E-state index contributed by atoms with van der Waals surface area (Å²) < 4.78 is 0. The standard InChI is InChI=1S/C21H24N2O2S/c1-3-20(24)23-12-11-15-9-10-17(13-16(15)14-23)22-21(25)18-7-5-6-8-19(18)26-4-2/h5-10,13H,3-4,11-12,14H2,1-2H3,(H,22,25). The molecule has 136 valence electrons. The predicted molar refractivity (Wildman–Crippen MR) is 107 cm³/mol. The lowest BCUT2D eigenvalue weighted by molar-refractivity contribution is -0.131. The molecule has 0 aromatic heterocycles. The van der Waals surface area contributed by atoms with E-state index >= 15 is 0 Å². The topological polar surface area (TPSA) is 49.4 Å². The van der Waals surface area contributed by atoms with Crippen molar-refractivity contribution < 1.29 is 9.59 Å². The second kappa shape index (κ2) is 8.41. The van der Waals surface area contributed by atoms with Gasteiger partial charge in [-0.05, 0) is 47.6 Å². The van der Waals surface area contributed by atoms with Gasteiger partial charge in [0.2, 0.25) is 5.91 Å². The molecule has 0 radical (unpaired) electrons. The minimum absolute atomic E-state index is 0.0983. The molecule has 1 aliphatic rings. The summed E-state index contributed by atoms with van der Waals surface area (Å²) in [5.74, 6) is 0.999. The van der Waals surface area contributed by atoms with Crippen molar-refractivity contribution in [2.75, 3.05) is 17.6 Å². The number of nitrogens with zero attached hydrogens (tertiary/aromatic N) is 1. The van der Waals surface area contributed by atoms with Crippen molar-refractivity contribution in [1.82, 2.24) is 4.90 Å². The Bertz CT molecular complexity index is 819. The number of thioether (sulfide) groups is 1. The minimum atomic E-state index is -0.0983. The third-order valence-electron chi connectivity index (χ3n) is 4.56. The number of amides is 2. The zero-order chi connectivity index (χ0) is 18.5. The van der Waals surface area contributed by atoms with Crippen LogP contribution in [0.5, 0.6) is 0 Å². The van der Waals surface area contributed by atoms with Gasteiger partial charge in [0.1, 0.15) is 0 Å². The number of carbonyl (C=O) groups excluding carboxylic acids is 2. The third kappa shape index (κ3) is 4.10. The summed E-state index contributed by atoms with van der Waals surface area (Å²) in [4.78, 5) is 27.6. The molecular weight excluding hydrogens is 344 g/mol. The molecule has 0 aliphatic carbocycles. The molecule has 1 N–H and O–H groups in total. The number of hydrogen-bond acceptors (Lipinski definition) is 3. The van der Waals surface area contributed by atoms with Crippen molar-refractivity contribution in [3.8, 4) is 0 Å². The van der Waals surface area contributed by atoms with E-state index in [0.717, 1.165) is 34.9 Å². The SMILES string of the molecule is CCSc1ccccc1C(=O)Nc1ccc2c(c1)CN(C(=O)CC)CC2. The molecule has 1 heterocycles. The van der Waals surface area contributed by atoms with Gasteiger partial charge in [0.25, 0.3) is 5.91 Å². The van der Waals surface area contributed by atoms with Crippen LogP contribution in [-0.2, 0) is 17.8 Å². The van der Waals surface area contributed by atoms with Gasteiger partial charge in [-0.25, -0.2) is 0 Å². The van der Waals surface area contributed by atoms with Gasteiger partial charge in [0.05, 0.1) is 5.56 Å². The Morgan fingerprint density at radius 2 is 1.92 bits per heavy atom. The first kappa shape index (κ1) is 18.5. The molecule has 5 heteroatoms. The number of carbonyl (C=O) groups is 2. The maximum atomic E-state index is 12.7. The molecule has 0 saturated heterocycles. The van der Waals surface area contributed by atoms with Crippen LogP contribution in [0, 0.1) is 0 Å². The normalized spacial score (nSPS) is 13.2. The van der Waals surface area contributed by atoms with Gasteiger partial charge in [-0.3, -0.25) is 9.59 Å². The van der Waals surface area contributed by atoms with E-state index in [-0.39, 0.29) is 11.8 Å². The zero-order valence-electron chi connectivity index (χ0n) is 15.2. The van der Waals surface area contributed by atoms with Crippen LogP contribution in [0.2, 0.25) is 0 Å². The zero-order valence-corrected chi connectivity index (χ0v) is 16.1. The Morgan fingerprint density at radius 3 is 2.69 bits per heavy atom. The summed E-state index contributed by atoms with van der Waals surface area (Å²) in [5, 5.41) is 3.01. The Balaban J connectivity index is 1.77. The Labute approximate surface area is 159 Å². The van der Waals surface area contributed by atoms with Crippen molar-refractivity contribution in [3.05, 3.63) is 59.2 Å². The Hall–Kier alpha value is -2.27. The van der Waals surface area contributed by atoms with Crippen molar-refractivity contribution in [1.29, 1.82) is 0 Å². The van der Waals surface area contributed by atoms with E-state index in [1.807, 2.05) is 48.2 Å². The fourth-order valence-corrected chi connectivity index (χ4v) is 4.01. The molecule has 2 amide bonds. The smallest absolute Gasteiger partial charge is 0.256 e. The number of hydrogen-bond donors (Lipinski definition) is 1. The molecule has 2 aromatic carbocycles. The van der Waals surface area contributed by atoms with E-state index in [1.54, 1.807) is 11.8 Å². The maximum Gasteiger partial charge on any atom is 0.256 e. The van der Waals surface area contributed by atoms with Gasteiger partial charge in [-0.15, -0.1) is 11.8 Å². The van der Waals surface area contributed by atoms with E-state index in [9.17, 15) is 9.59 Å². The quantitative estimate of drug-likeness (QED) is 0.799. The molecule has 0 spiro atoms. The highest BCUT2D eigenvalue weighted by Gasteiger charge is 2.20.